The minimum absolute atomic E-state index is 0.0270. The normalized spacial score (nSPS) is 22.4. The van der Waals surface area contributed by atoms with Crippen LogP contribution in [0.2, 0.25) is 0 Å². The number of hydrogen-bond acceptors (Lipinski definition) is 2. The lowest BCUT2D eigenvalue weighted by Gasteiger charge is -2.47. The van der Waals surface area contributed by atoms with Crippen LogP contribution in [0.5, 0.6) is 11.5 Å². The summed E-state index contributed by atoms with van der Waals surface area (Å²) >= 11 is 0. The average Bonchev–Trinajstić information content (AvgIpc) is 2.70. The van der Waals surface area contributed by atoms with Crippen molar-refractivity contribution < 1.29 is 9.47 Å². The molecular weight excluding hydrogens is 344 g/mol. The van der Waals surface area contributed by atoms with E-state index in [1.807, 2.05) is 0 Å². The zero-order valence-corrected chi connectivity index (χ0v) is 19.0. The Morgan fingerprint density at radius 3 is 1.68 bits per heavy atom. The third-order valence-electron chi connectivity index (χ3n) is 7.19. The van der Waals surface area contributed by atoms with Gasteiger partial charge >= 0.3 is 0 Å². The van der Waals surface area contributed by atoms with E-state index in [0.717, 1.165) is 11.5 Å². The number of ether oxygens (including phenoxy) is 2. The molecule has 1 atom stereocenters. The van der Waals surface area contributed by atoms with E-state index in [1.54, 1.807) is 0 Å². The molecule has 0 spiro atoms. The fourth-order valence-corrected chi connectivity index (χ4v) is 4.78. The first kappa shape index (κ1) is 20.8. The second-order valence-electron chi connectivity index (χ2n) is 9.94. The summed E-state index contributed by atoms with van der Waals surface area (Å²) in [6, 6.07) is 15.4. The standard InChI is InChI=1S/C26H36O2/c1-17(2)27-20-12-10-19(11-13-20)26(9)23-16-21(28-18(3)4)14-15-22(23)24(5,6)25(26,7)8/h10-18H,1-9H3. The molecule has 2 nitrogen and oxygen atoms in total. The molecule has 0 radical (unpaired) electrons. The third-order valence-corrected chi connectivity index (χ3v) is 7.19. The molecule has 3 rings (SSSR count). The van der Waals surface area contributed by atoms with Gasteiger partial charge in [-0.3, -0.25) is 0 Å². The van der Waals surface area contributed by atoms with Crippen LogP contribution < -0.4 is 9.47 Å². The molecule has 2 aromatic rings. The lowest BCUT2D eigenvalue weighted by atomic mass is 9.56. The number of rotatable bonds is 5. The Morgan fingerprint density at radius 2 is 1.14 bits per heavy atom. The summed E-state index contributed by atoms with van der Waals surface area (Å²) in [5.74, 6) is 1.88. The molecule has 0 saturated heterocycles. The summed E-state index contributed by atoms with van der Waals surface area (Å²) in [5, 5.41) is 0. The van der Waals surface area contributed by atoms with Crippen molar-refractivity contribution >= 4 is 0 Å². The van der Waals surface area contributed by atoms with Crippen LogP contribution in [0.1, 0.15) is 79.0 Å². The molecular formula is C26H36O2. The summed E-state index contributed by atoms with van der Waals surface area (Å²) < 4.78 is 11.9. The fourth-order valence-electron chi connectivity index (χ4n) is 4.78. The van der Waals surface area contributed by atoms with Gasteiger partial charge in [-0.1, -0.05) is 52.8 Å². The van der Waals surface area contributed by atoms with E-state index in [-0.39, 0.29) is 28.5 Å². The number of fused-ring (bicyclic) bond motifs is 1. The topological polar surface area (TPSA) is 18.5 Å². The van der Waals surface area contributed by atoms with E-state index < -0.39 is 0 Å². The quantitative estimate of drug-likeness (QED) is 0.562. The van der Waals surface area contributed by atoms with Crippen LogP contribution in [-0.2, 0) is 10.8 Å². The number of hydrogen-bond donors (Lipinski definition) is 0. The summed E-state index contributed by atoms with van der Waals surface area (Å²) in [4.78, 5) is 0. The minimum atomic E-state index is -0.126. The van der Waals surface area contributed by atoms with Gasteiger partial charge in [0.25, 0.3) is 0 Å². The van der Waals surface area contributed by atoms with Gasteiger partial charge < -0.3 is 9.47 Å². The third kappa shape index (κ3) is 3.02. The van der Waals surface area contributed by atoms with Crippen LogP contribution in [0.15, 0.2) is 42.5 Å². The second-order valence-corrected chi connectivity index (χ2v) is 9.94. The van der Waals surface area contributed by atoms with Crippen molar-refractivity contribution in [2.45, 2.75) is 85.4 Å². The first-order chi connectivity index (χ1) is 12.9. The Kier molecular flexibility index (Phi) is 5.06. The van der Waals surface area contributed by atoms with Crippen molar-refractivity contribution in [2.75, 3.05) is 0 Å². The average molecular weight is 381 g/mol. The van der Waals surface area contributed by atoms with Crippen LogP contribution in [0.3, 0.4) is 0 Å². The Balaban J connectivity index is 2.16. The maximum absolute atomic E-state index is 6.05. The highest BCUT2D eigenvalue weighted by molar-refractivity contribution is 5.57. The predicted octanol–water partition coefficient (Wildman–Crippen LogP) is 6.88. The van der Waals surface area contributed by atoms with Crippen molar-refractivity contribution in [3.8, 4) is 11.5 Å². The van der Waals surface area contributed by atoms with Gasteiger partial charge in [0, 0.05) is 5.41 Å². The molecule has 0 aromatic heterocycles. The summed E-state index contributed by atoms with van der Waals surface area (Å²) in [5.41, 5.74) is 4.05. The largest absolute Gasteiger partial charge is 0.491 e. The van der Waals surface area contributed by atoms with E-state index >= 15 is 0 Å². The van der Waals surface area contributed by atoms with Gasteiger partial charge in [-0.05, 0) is 79.5 Å². The van der Waals surface area contributed by atoms with Crippen LogP contribution in [0.25, 0.3) is 0 Å². The monoisotopic (exact) mass is 380 g/mol. The summed E-state index contributed by atoms with van der Waals surface area (Å²) in [7, 11) is 0. The molecule has 0 N–H and O–H groups in total. The van der Waals surface area contributed by atoms with Crippen molar-refractivity contribution in [2.24, 2.45) is 5.41 Å². The second kappa shape index (κ2) is 6.83. The van der Waals surface area contributed by atoms with E-state index in [9.17, 15) is 0 Å². The van der Waals surface area contributed by atoms with Gasteiger partial charge in [0.1, 0.15) is 11.5 Å². The Morgan fingerprint density at radius 1 is 0.643 bits per heavy atom. The van der Waals surface area contributed by atoms with Crippen molar-refractivity contribution in [1.82, 2.24) is 0 Å². The first-order valence-corrected chi connectivity index (χ1v) is 10.5. The number of benzene rings is 2. The Labute approximate surface area is 171 Å². The van der Waals surface area contributed by atoms with E-state index in [1.165, 1.54) is 16.7 Å². The van der Waals surface area contributed by atoms with E-state index in [4.69, 9.17) is 9.47 Å². The van der Waals surface area contributed by atoms with Crippen LogP contribution >= 0.6 is 0 Å². The molecule has 1 aliphatic carbocycles. The molecule has 0 heterocycles. The lowest BCUT2D eigenvalue weighted by Crippen LogP contribution is -2.44. The Bertz CT molecular complexity index is 843. The van der Waals surface area contributed by atoms with Crippen molar-refractivity contribution in [3.05, 3.63) is 59.2 Å². The molecule has 0 saturated carbocycles. The van der Waals surface area contributed by atoms with E-state index in [2.05, 4.69) is 105 Å². The maximum Gasteiger partial charge on any atom is 0.120 e. The van der Waals surface area contributed by atoms with Gasteiger partial charge in [-0.25, -0.2) is 0 Å². The van der Waals surface area contributed by atoms with Gasteiger partial charge in [-0.2, -0.15) is 0 Å². The smallest absolute Gasteiger partial charge is 0.120 e. The molecule has 0 aliphatic heterocycles. The molecule has 1 unspecified atom stereocenters. The molecule has 2 heteroatoms. The molecule has 28 heavy (non-hydrogen) atoms. The summed E-state index contributed by atoms with van der Waals surface area (Å²) in [6.45, 7) is 20.2. The maximum atomic E-state index is 6.05. The zero-order valence-electron chi connectivity index (χ0n) is 19.0. The zero-order chi connectivity index (χ0) is 20.9. The highest BCUT2D eigenvalue weighted by Gasteiger charge is 2.59. The first-order valence-electron chi connectivity index (χ1n) is 10.5. The van der Waals surface area contributed by atoms with Crippen molar-refractivity contribution in [3.63, 3.8) is 0 Å². The predicted molar refractivity (Wildman–Crippen MR) is 118 cm³/mol. The molecule has 1 aliphatic rings. The molecule has 0 fully saturated rings. The highest BCUT2D eigenvalue weighted by Crippen LogP contribution is 2.64. The van der Waals surface area contributed by atoms with Gasteiger partial charge in [0.15, 0.2) is 0 Å². The Hall–Kier alpha value is -1.96. The molecule has 152 valence electrons. The minimum Gasteiger partial charge on any atom is -0.491 e. The highest BCUT2D eigenvalue weighted by atomic mass is 16.5. The lowest BCUT2D eigenvalue weighted by molar-refractivity contribution is 0.139. The summed E-state index contributed by atoms with van der Waals surface area (Å²) in [6.07, 6.45) is 0.346. The van der Waals surface area contributed by atoms with Crippen LogP contribution in [0, 0.1) is 5.41 Å². The van der Waals surface area contributed by atoms with Crippen LogP contribution in [-0.4, -0.2) is 12.2 Å². The molecule has 2 aromatic carbocycles. The van der Waals surface area contributed by atoms with Crippen molar-refractivity contribution in [1.29, 1.82) is 0 Å². The SMILES string of the molecule is CC(C)Oc1ccc(C2(C)c3cc(OC(C)C)ccc3C(C)(C)C2(C)C)cc1. The van der Waals surface area contributed by atoms with Gasteiger partial charge in [0.2, 0.25) is 0 Å². The van der Waals surface area contributed by atoms with Gasteiger partial charge in [0.05, 0.1) is 12.2 Å². The molecule has 0 bridgehead atoms. The van der Waals surface area contributed by atoms with Crippen LogP contribution in [0.4, 0.5) is 0 Å². The molecule has 0 amide bonds. The fraction of sp³-hybridized carbons (Fsp3) is 0.538. The van der Waals surface area contributed by atoms with Gasteiger partial charge in [-0.15, -0.1) is 0 Å². The van der Waals surface area contributed by atoms with E-state index in [0.29, 0.717) is 0 Å².